The molecular formula is C29H31N3O3. The van der Waals surface area contributed by atoms with Crippen LogP contribution in [0.3, 0.4) is 0 Å². The Morgan fingerprint density at radius 2 is 1.74 bits per heavy atom. The summed E-state index contributed by atoms with van der Waals surface area (Å²) in [4.78, 5) is 34.2. The second-order valence-electron chi connectivity index (χ2n) is 8.80. The van der Waals surface area contributed by atoms with Crippen LogP contribution in [0.4, 0.5) is 0 Å². The fourth-order valence-corrected chi connectivity index (χ4v) is 4.46. The van der Waals surface area contributed by atoms with Crippen molar-refractivity contribution >= 4 is 16.8 Å². The predicted octanol–water partition coefficient (Wildman–Crippen LogP) is 5.24. The summed E-state index contributed by atoms with van der Waals surface area (Å²) in [7, 11) is 1.65. The highest BCUT2D eigenvalue weighted by Gasteiger charge is 2.27. The number of nitrogens with zero attached hydrogens (tertiary/aromatic N) is 3. The topological polar surface area (TPSA) is 64.4 Å². The maximum absolute atomic E-state index is 13.8. The van der Waals surface area contributed by atoms with Gasteiger partial charge in [-0.05, 0) is 63.1 Å². The highest BCUT2D eigenvalue weighted by molar-refractivity contribution is 5.94. The van der Waals surface area contributed by atoms with E-state index in [0.717, 1.165) is 16.8 Å². The number of aromatic nitrogens is 2. The normalized spacial score (nSPS) is 12.0. The number of carbonyl (C=O) groups excluding carboxylic acids is 1. The van der Waals surface area contributed by atoms with Gasteiger partial charge in [0.1, 0.15) is 5.82 Å². The molecule has 1 unspecified atom stereocenters. The summed E-state index contributed by atoms with van der Waals surface area (Å²) in [6, 6.07) is 22.1. The van der Waals surface area contributed by atoms with Gasteiger partial charge in [0.25, 0.3) is 11.5 Å². The molecule has 180 valence electrons. The Kier molecular flexibility index (Phi) is 7.42. The van der Waals surface area contributed by atoms with Crippen molar-refractivity contribution in [3.05, 3.63) is 106 Å². The molecule has 0 radical (unpaired) electrons. The summed E-state index contributed by atoms with van der Waals surface area (Å²) in [5.74, 6) is 0.422. The molecule has 0 bridgehead atoms. The van der Waals surface area contributed by atoms with Gasteiger partial charge in [0, 0.05) is 25.8 Å². The molecule has 35 heavy (non-hydrogen) atoms. The zero-order chi connectivity index (χ0) is 24.9. The van der Waals surface area contributed by atoms with Crippen molar-refractivity contribution in [3.8, 4) is 5.69 Å². The van der Waals surface area contributed by atoms with E-state index in [-0.39, 0.29) is 11.5 Å². The predicted molar refractivity (Wildman–Crippen MR) is 139 cm³/mol. The lowest BCUT2D eigenvalue weighted by Gasteiger charge is -2.31. The molecule has 1 amide bonds. The maximum atomic E-state index is 13.8. The van der Waals surface area contributed by atoms with Crippen molar-refractivity contribution < 1.29 is 9.53 Å². The number of hydrogen-bond acceptors (Lipinski definition) is 4. The molecule has 0 N–H and O–H groups in total. The molecule has 1 heterocycles. The van der Waals surface area contributed by atoms with E-state index in [2.05, 4.69) is 6.07 Å². The number of rotatable bonds is 8. The van der Waals surface area contributed by atoms with Gasteiger partial charge in [-0.3, -0.25) is 14.2 Å². The molecule has 4 rings (SSSR count). The standard InChI is InChI=1S/C29H31N3O3/c1-20-15-16-26(21(2)19-20)32-27(30-25-14-9-8-13-24(25)29(32)34)22(3)31(17-10-18-35-4)28(33)23-11-6-5-7-12-23/h5-9,11-16,19,22H,10,17-18H2,1-4H3. The molecule has 1 aromatic heterocycles. The van der Waals surface area contributed by atoms with Crippen LogP contribution in [-0.4, -0.2) is 40.6 Å². The highest BCUT2D eigenvalue weighted by Crippen LogP contribution is 2.26. The van der Waals surface area contributed by atoms with Crippen molar-refractivity contribution in [2.24, 2.45) is 0 Å². The lowest BCUT2D eigenvalue weighted by Crippen LogP contribution is -2.38. The molecule has 0 aliphatic rings. The van der Waals surface area contributed by atoms with E-state index in [9.17, 15) is 9.59 Å². The van der Waals surface area contributed by atoms with Crippen molar-refractivity contribution in [1.29, 1.82) is 0 Å². The zero-order valence-electron chi connectivity index (χ0n) is 20.7. The second-order valence-corrected chi connectivity index (χ2v) is 8.80. The fourth-order valence-electron chi connectivity index (χ4n) is 4.46. The zero-order valence-corrected chi connectivity index (χ0v) is 20.7. The molecule has 0 aliphatic heterocycles. The monoisotopic (exact) mass is 469 g/mol. The van der Waals surface area contributed by atoms with E-state index in [1.165, 1.54) is 0 Å². The molecule has 1 atom stereocenters. The molecule has 0 fully saturated rings. The van der Waals surface area contributed by atoms with Crippen molar-refractivity contribution in [2.75, 3.05) is 20.3 Å². The van der Waals surface area contributed by atoms with E-state index in [0.29, 0.717) is 41.9 Å². The van der Waals surface area contributed by atoms with Gasteiger partial charge in [-0.1, -0.05) is 48.0 Å². The number of fused-ring (bicyclic) bond motifs is 1. The number of aryl methyl sites for hydroxylation is 2. The summed E-state index contributed by atoms with van der Waals surface area (Å²) >= 11 is 0. The highest BCUT2D eigenvalue weighted by atomic mass is 16.5. The molecule has 4 aromatic rings. The Morgan fingerprint density at radius 1 is 1.03 bits per heavy atom. The van der Waals surface area contributed by atoms with Gasteiger partial charge >= 0.3 is 0 Å². The molecule has 0 saturated heterocycles. The van der Waals surface area contributed by atoms with Crippen LogP contribution in [0, 0.1) is 13.8 Å². The van der Waals surface area contributed by atoms with Crippen molar-refractivity contribution in [1.82, 2.24) is 14.5 Å². The number of amides is 1. The average molecular weight is 470 g/mol. The summed E-state index contributed by atoms with van der Waals surface area (Å²) in [5.41, 5.74) is 3.92. The van der Waals surface area contributed by atoms with Gasteiger partial charge in [0.05, 0.1) is 22.6 Å². The summed E-state index contributed by atoms with van der Waals surface area (Å²) < 4.78 is 6.92. The number of hydrogen-bond donors (Lipinski definition) is 0. The van der Waals surface area contributed by atoms with E-state index in [1.807, 2.05) is 81.4 Å². The third kappa shape index (κ3) is 5.03. The Hall–Kier alpha value is -3.77. The van der Waals surface area contributed by atoms with Crippen LogP contribution in [0.1, 0.15) is 46.7 Å². The maximum Gasteiger partial charge on any atom is 0.266 e. The lowest BCUT2D eigenvalue weighted by atomic mass is 10.1. The number of benzene rings is 3. The minimum absolute atomic E-state index is 0.108. The minimum Gasteiger partial charge on any atom is -0.385 e. The van der Waals surface area contributed by atoms with Crippen LogP contribution >= 0.6 is 0 Å². The number of para-hydroxylation sites is 1. The molecule has 0 spiro atoms. The van der Waals surface area contributed by atoms with Crippen LogP contribution < -0.4 is 5.56 Å². The largest absolute Gasteiger partial charge is 0.385 e. The first kappa shape index (κ1) is 24.4. The van der Waals surface area contributed by atoms with Crippen LogP contribution in [0.2, 0.25) is 0 Å². The first-order valence-corrected chi connectivity index (χ1v) is 11.9. The molecular weight excluding hydrogens is 438 g/mol. The molecule has 6 nitrogen and oxygen atoms in total. The van der Waals surface area contributed by atoms with Crippen LogP contribution in [0.5, 0.6) is 0 Å². The van der Waals surface area contributed by atoms with Gasteiger partial charge in [-0.2, -0.15) is 0 Å². The first-order valence-electron chi connectivity index (χ1n) is 11.9. The van der Waals surface area contributed by atoms with Crippen molar-refractivity contribution in [2.45, 2.75) is 33.2 Å². The SMILES string of the molecule is COCCCN(C(=O)c1ccccc1)C(C)c1nc2ccccc2c(=O)n1-c1ccc(C)cc1C. The van der Waals surface area contributed by atoms with E-state index in [1.54, 1.807) is 22.6 Å². The Labute approximate surface area is 205 Å². The average Bonchev–Trinajstić information content (AvgIpc) is 2.87. The molecule has 0 saturated carbocycles. The Morgan fingerprint density at radius 3 is 2.46 bits per heavy atom. The number of methoxy groups -OCH3 is 1. The Balaban J connectivity index is 1.91. The third-order valence-electron chi connectivity index (χ3n) is 6.27. The summed E-state index contributed by atoms with van der Waals surface area (Å²) in [5, 5.41) is 0.545. The fraction of sp³-hybridized carbons (Fsp3) is 0.276. The summed E-state index contributed by atoms with van der Waals surface area (Å²) in [6.45, 7) is 6.95. The number of carbonyl (C=O) groups is 1. The third-order valence-corrected chi connectivity index (χ3v) is 6.27. The van der Waals surface area contributed by atoms with E-state index < -0.39 is 6.04 Å². The molecule has 0 aliphatic carbocycles. The van der Waals surface area contributed by atoms with Crippen LogP contribution in [0.15, 0.2) is 77.6 Å². The van der Waals surface area contributed by atoms with Gasteiger partial charge in [0.2, 0.25) is 0 Å². The second kappa shape index (κ2) is 10.7. The quantitative estimate of drug-likeness (QED) is 0.331. The van der Waals surface area contributed by atoms with Crippen molar-refractivity contribution in [3.63, 3.8) is 0 Å². The van der Waals surface area contributed by atoms with E-state index in [4.69, 9.17) is 9.72 Å². The van der Waals surface area contributed by atoms with Gasteiger partial charge in [-0.25, -0.2) is 4.98 Å². The van der Waals surface area contributed by atoms with Crippen LogP contribution in [-0.2, 0) is 4.74 Å². The first-order chi connectivity index (χ1) is 16.9. The molecule has 6 heteroatoms. The minimum atomic E-state index is -0.461. The number of ether oxygens (including phenoxy) is 1. The van der Waals surface area contributed by atoms with Gasteiger partial charge in [-0.15, -0.1) is 0 Å². The van der Waals surface area contributed by atoms with Crippen LogP contribution in [0.25, 0.3) is 16.6 Å². The lowest BCUT2D eigenvalue weighted by molar-refractivity contribution is 0.0657. The molecule has 3 aromatic carbocycles. The smallest absolute Gasteiger partial charge is 0.266 e. The van der Waals surface area contributed by atoms with Gasteiger partial charge in [0.15, 0.2) is 0 Å². The van der Waals surface area contributed by atoms with Gasteiger partial charge < -0.3 is 9.64 Å². The summed E-state index contributed by atoms with van der Waals surface area (Å²) in [6.07, 6.45) is 0.667. The van der Waals surface area contributed by atoms with E-state index >= 15 is 0 Å². The Bertz CT molecular complexity index is 1400.